The smallest absolute Gasteiger partial charge is 0.328 e. The van der Waals surface area contributed by atoms with Crippen LogP contribution in [0.25, 0.3) is 0 Å². The fourth-order valence-corrected chi connectivity index (χ4v) is 1.71. The lowest BCUT2D eigenvalue weighted by Gasteiger charge is -2.21. The second-order valence-electron chi connectivity index (χ2n) is 3.61. The van der Waals surface area contributed by atoms with Crippen LogP contribution in [-0.2, 0) is 0 Å². The molecular formula is C10H12N2O3. The molecule has 1 aromatic heterocycles. The fourth-order valence-electron chi connectivity index (χ4n) is 1.71. The van der Waals surface area contributed by atoms with Gasteiger partial charge in [0.25, 0.3) is 5.56 Å². The minimum Gasteiger partial charge on any atom is -0.389 e. The van der Waals surface area contributed by atoms with Gasteiger partial charge in [-0.15, -0.1) is 0 Å². The highest BCUT2D eigenvalue weighted by Gasteiger charge is 2.15. The van der Waals surface area contributed by atoms with Crippen molar-refractivity contribution in [3.63, 3.8) is 0 Å². The van der Waals surface area contributed by atoms with Crippen molar-refractivity contribution in [2.75, 3.05) is 0 Å². The van der Waals surface area contributed by atoms with Crippen molar-refractivity contribution >= 4 is 0 Å². The average Bonchev–Trinajstić information content (AvgIpc) is 2.20. The van der Waals surface area contributed by atoms with Gasteiger partial charge in [-0.25, -0.2) is 4.79 Å². The lowest BCUT2D eigenvalue weighted by atomic mass is 10.0. The molecule has 0 unspecified atom stereocenters. The van der Waals surface area contributed by atoms with Crippen LogP contribution < -0.4 is 11.2 Å². The first-order valence-electron chi connectivity index (χ1n) is 4.84. The molecule has 1 heterocycles. The number of hydrogen-bond donors (Lipinski definition) is 2. The van der Waals surface area contributed by atoms with Gasteiger partial charge in [0.05, 0.1) is 12.1 Å². The largest absolute Gasteiger partial charge is 0.389 e. The maximum Gasteiger partial charge on any atom is 0.328 e. The summed E-state index contributed by atoms with van der Waals surface area (Å²) in [5.41, 5.74) is -0.801. The minimum absolute atomic E-state index is 0.0715. The van der Waals surface area contributed by atoms with Crippen molar-refractivity contribution < 1.29 is 5.11 Å². The van der Waals surface area contributed by atoms with E-state index >= 15 is 0 Å². The van der Waals surface area contributed by atoms with E-state index in [0.717, 1.165) is 0 Å². The molecule has 0 fully saturated rings. The van der Waals surface area contributed by atoms with Crippen molar-refractivity contribution in [2.45, 2.75) is 25.0 Å². The van der Waals surface area contributed by atoms with Crippen LogP contribution in [0.3, 0.4) is 0 Å². The van der Waals surface area contributed by atoms with Gasteiger partial charge >= 0.3 is 5.69 Å². The third kappa shape index (κ3) is 2.07. The van der Waals surface area contributed by atoms with E-state index in [2.05, 4.69) is 4.98 Å². The molecule has 1 aromatic rings. The lowest BCUT2D eigenvalue weighted by molar-refractivity contribution is 0.194. The van der Waals surface area contributed by atoms with Gasteiger partial charge in [-0.05, 0) is 12.8 Å². The molecule has 0 bridgehead atoms. The highest BCUT2D eigenvalue weighted by atomic mass is 16.3. The Morgan fingerprint density at radius 2 is 2.13 bits per heavy atom. The van der Waals surface area contributed by atoms with Crippen molar-refractivity contribution in [1.29, 1.82) is 0 Å². The summed E-state index contributed by atoms with van der Waals surface area (Å²) in [7, 11) is 0. The predicted octanol–water partition coefficient (Wildman–Crippen LogP) is -0.211. The van der Waals surface area contributed by atoms with E-state index < -0.39 is 17.4 Å². The van der Waals surface area contributed by atoms with Crippen LogP contribution in [0.1, 0.15) is 18.9 Å². The number of rotatable bonds is 1. The van der Waals surface area contributed by atoms with Gasteiger partial charge in [-0.2, -0.15) is 0 Å². The van der Waals surface area contributed by atoms with E-state index in [0.29, 0.717) is 12.8 Å². The Labute approximate surface area is 85.7 Å². The molecule has 15 heavy (non-hydrogen) atoms. The number of aromatic nitrogens is 2. The molecule has 0 spiro atoms. The van der Waals surface area contributed by atoms with E-state index in [-0.39, 0.29) is 6.04 Å². The number of H-pyrrole nitrogens is 1. The van der Waals surface area contributed by atoms with Crippen LogP contribution in [0.4, 0.5) is 0 Å². The number of allylic oxidation sites excluding steroid dienone is 1. The SMILES string of the molecule is O=c1ccn([C@@H]2C=C[C@H](O)CC2)c(=O)[nH]1. The van der Waals surface area contributed by atoms with Crippen LogP contribution in [0.5, 0.6) is 0 Å². The number of aliphatic hydroxyl groups excluding tert-OH is 1. The minimum atomic E-state index is -0.417. The first kappa shape index (κ1) is 9.92. The molecule has 2 rings (SSSR count). The molecule has 0 amide bonds. The lowest BCUT2D eigenvalue weighted by Crippen LogP contribution is -2.32. The molecule has 5 nitrogen and oxygen atoms in total. The van der Waals surface area contributed by atoms with Gasteiger partial charge in [0.15, 0.2) is 0 Å². The molecule has 2 N–H and O–H groups in total. The molecule has 2 atom stereocenters. The summed E-state index contributed by atoms with van der Waals surface area (Å²) in [6, 6.07) is 1.25. The predicted molar refractivity (Wildman–Crippen MR) is 54.7 cm³/mol. The molecule has 0 saturated heterocycles. The summed E-state index contributed by atoms with van der Waals surface area (Å²) in [6.45, 7) is 0. The molecule has 1 aliphatic rings. The first-order valence-corrected chi connectivity index (χ1v) is 4.84. The fraction of sp³-hybridized carbons (Fsp3) is 0.400. The average molecular weight is 208 g/mol. The normalized spacial score (nSPS) is 25.4. The summed E-state index contributed by atoms with van der Waals surface area (Å²) >= 11 is 0. The van der Waals surface area contributed by atoms with Crippen LogP contribution in [0, 0.1) is 0 Å². The summed E-state index contributed by atoms with van der Waals surface area (Å²) in [6.07, 6.45) is 5.85. The standard InChI is InChI=1S/C10H12N2O3/c13-8-3-1-7(2-4-8)12-6-5-9(14)11-10(12)15/h1,3,5-8,13H,2,4H2,(H,11,14,15)/t7-,8+/m1/s1. The number of hydrogen-bond acceptors (Lipinski definition) is 3. The monoisotopic (exact) mass is 208 g/mol. The Morgan fingerprint density at radius 3 is 2.73 bits per heavy atom. The van der Waals surface area contributed by atoms with Crippen LogP contribution in [0.15, 0.2) is 34.0 Å². The van der Waals surface area contributed by atoms with Crippen molar-refractivity contribution in [3.8, 4) is 0 Å². The molecular weight excluding hydrogens is 196 g/mol. The number of aromatic amines is 1. The van der Waals surface area contributed by atoms with Crippen molar-refractivity contribution in [3.05, 3.63) is 45.3 Å². The number of aliphatic hydroxyl groups is 1. The summed E-state index contributed by atoms with van der Waals surface area (Å²) in [5.74, 6) is 0. The molecule has 1 aliphatic carbocycles. The topological polar surface area (TPSA) is 75.1 Å². The highest BCUT2D eigenvalue weighted by Crippen LogP contribution is 2.20. The van der Waals surface area contributed by atoms with Gasteiger partial charge in [-0.1, -0.05) is 12.2 Å². The molecule has 0 aromatic carbocycles. The summed E-state index contributed by atoms with van der Waals surface area (Å²) in [5, 5.41) is 9.26. The van der Waals surface area contributed by atoms with Crippen molar-refractivity contribution in [2.24, 2.45) is 0 Å². The van der Waals surface area contributed by atoms with E-state index in [9.17, 15) is 14.7 Å². The highest BCUT2D eigenvalue weighted by molar-refractivity contribution is 5.02. The molecule has 0 aliphatic heterocycles. The zero-order chi connectivity index (χ0) is 10.8. The first-order chi connectivity index (χ1) is 7.16. The van der Waals surface area contributed by atoms with E-state index in [1.54, 1.807) is 12.2 Å². The number of nitrogens with one attached hydrogen (secondary N) is 1. The number of nitrogens with zero attached hydrogens (tertiary/aromatic N) is 1. The van der Waals surface area contributed by atoms with Gasteiger partial charge < -0.3 is 5.11 Å². The Morgan fingerprint density at radius 1 is 1.33 bits per heavy atom. The van der Waals surface area contributed by atoms with Gasteiger partial charge in [-0.3, -0.25) is 14.3 Å². The van der Waals surface area contributed by atoms with Gasteiger partial charge in [0.1, 0.15) is 0 Å². The van der Waals surface area contributed by atoms with Crippen LogP contribution >= 0.6 is 0 Å². The van der Waals surface area contributed by atoms with E-state index in [1.807, 2.05) is 0 Å². The third-order valence-corrected chi connectivity index (χ3v) is 2.52. The van der Waals surface area contributed by atoms with E-state index in [1.165, 1.54) is 16.8 Å². The molecule has 0 radical (unpaired) electrons. The maximum atomic E-state index is 11.4. The van der Waals surface area contributed by atoms with Crippen LogP contribution in [-0.4, -0.2) is 20.8 Å². The Hall–Kier alpha value is -1.62. The van der Waals surface area contributed by atoms with Crippen LogP contribution in [0.2, 0.25) is 0 Å². The van der Waals surface area contributed by atoms with Gasteiger partial charge in [0.2, 0.25) is 0 Å². The Bertz CT molecular complexity index is 486. The molecule has 0 saturated carbocycles. The maximum absolute atomic E-state index is 11.4. The zero-order valence-corrected chi connectivity index (χ0v) is 8.09. The Balaban J connectivity index is 2.35. The quantitative estimate of drug-likeness (QED) is 0.627. The third-order valence-electron chi connectivity index (χ3n) is 2.52. The Kier molecular flexibility index (Phi) is 2.55. The second-order valence-corrected chi connectivity index (χ2v) is 3.61. The second kappa shape index (κ2) is 3.86. The van der Waals surface area contributed by atoms with E-state index in [4.69, 9.17) is 0 Å². The van der Waals surface area contributed by atoms with Crippen molar-refractivity contribution in [1.82, 2.24) is 9.55 Å². The zero-order valence-electron chi connectivity index (χ0n) is 8.09. The summed E-state index contributed by atoms with van der Waals surface area (Å²) in [4.78, 5) is 24.5. The van der Waals surface area contributed by atoms with Gasteiger partial charge in [0, 0.05) is 12.3 Å². The molecule has 5 heteroatoms. The molecule has 80 valence electrons. The summed E-state index contributed by atoms with van der Waals surface area (Å²) < 4.78 is 1.46.